The molecule has 0 aliphatic heterocycles. The Morgan fingerprint density at radius 2 is 2.00 bits per heavy atom. The average Bonchev–Trinajstić information content (AvgIpc) is 1.92. The van der Waals surface area contributed by atoms with E-state index in [1.807, 2.05) is 20.8 Å². The van der Waals surface area contributed by atoms with E-state index in [0.717, 1.165) is 5.57 Å². The Morgan fingerprint density at radius 3 is 2.42 bits per heavy atom. The molecule has 0 spiro atoms. The number of rotatable bonds is 0. The fourth-order valence-corrected chi connectivity index (χ4v) is 1.39. The van der Waals surface area contributed by atoms with Crippen molar-refractivity contribution in [3.05, 3.63) is 23.5 Å². The first-order valence-electron chi connectivity index (χ1n) is 4.20. The number of aliphatic hydroxyl groups excluding tert-OH is 2. The van der Waals surface area contributed by atoms with Gasteiger partial charge in [0.1, 0.15) is 5.76 Å². The van der Waals surface area contributed by atoms with E-state index in [0.29, 0.717) is 6.42 Å². The predicted octanol–water partition coefficient (Wildman–Crippen LogP) is 2.17. The van der Waals surface area contributed by atoms with Gasteiger partial charge >= 0.3 is 0 Å². The molecule has 2 N–H and O–H groups in total. The van der Waals surface area contributed by atoms with Gasteiger partial charge in [-0.05, 0) is 29.6 Å². The van der Waals surface area contributed by atoms with Crippen LogP contribution in [0.25, 0.3) is 0 Å². The van der Waals surface area contributed by atoms with Crippen molar-refractivity contribution in [3.63, 3.8) is 0 Å². The van der Waals surface area contributed by atoms with Gasteiger partial charge in [0.25, 0.3) is 0 Å². The second-order valence-electron chi connectivity index (χ2n) is 4.23. The monoisotopic (exact) mass is 168 g/mol. The van der Waals surface area contributed by atoms with Crippen molar-refractivity contribution in [2.75, 3.05) is 0 Å². The van der Waals surface area contributed by atoms with Gasteiger partial charge in [-0.15, -0.1) is 0 Å². The highest BCUT2D eigenvalue weighted by molar-refractivity contribution is 5.29. The van der Waals surface area contributed by atoms with Gasteiger partial charge in [0, 0.05) is 0 Å². The maximum Gasteiger partial charge on any atom is 0.111 e. The summed E-state index contributed by atoms with van der Waals surface area (Å²) >= 11 is 0. The quantitative estimate of drug-likeness (QED) is 0.582. The molecule has 0 aromatic rings. The average molecular weight is 168 g/mol. The van der Waals surface area contributed by atoms with E-state index in [9.17, 15) is 10.2 Å². The molecule has 0 amide bonds. The highest BCUT2D eigenvalue weighted by atomic mass is 16.3. The van der Waals surface area contributed by atoms with E-state index in [4.69, 9.17) is 0 Å². The van der Waals surface area contributed by atoms with E-state index in [2.05, 4.69) is 0 Å². The van der Waals surface area contributed by atoms with Crippen molar-refractivity contribution in [2.24, 2.45) is 5.41 Å². The lowest BCUT2D eigenvalue weighted by atomic mass is 9.80. The number of allylic oxidation sites excluding steroid dienone is 1. The zero-order valence-electron chi connectivity index (χ0n) is 7.83. The molecule has 2 heteroatoms. The Hall–Kier alpha value is -0.760. The van der Waals surface area contributed by atoms with Crippen molar-refractivity contribution in [2.45, 2.75) is 33.3 Å². The van der Waals surface area contributed by atoms with E-state index in [-0.39, 0.29) is 11.2 Å². The first kappa shape index (κ1) is 9.33. The number of hydrogen-bond acceptors (Lipinski definition) is 2. The van der Waals surface area contributed by atoms with Crippen LogP contribution in [0.3, 0.4) is 0 Å². The minimum atomic E-state index is -0.430. The summed E-state index contributed by atoms with van der Waals surface area (Å²) in [4.78, 5) is 0. The molecule has 1 rings (SSSR count). The standard InChI is InChI=1S/C10H16O2/c1-10(2,3)8-6-7(11)4-5-9(8)12/h4,6,9,11-12H,5H2,1-3H3. The summed E-state index contributed by atoms with van der Waals surface area (Å²) < 4.78 is 0. The Balaban J connectivity index is 2.94. The van der Waals surface area contributed by atoms with E-state index >= 15 is 0 Å². The van der Waals surface area contributed by atoms with Gasteiger partial charge in [-0.1, -0.05) is 20.8 Å². The lowest BCUT2D eigenvalue weighted by molar-refractivity contribution is 0.182. The van der Waals surface area contributed by atoms with Crippen LogP contribution < -0.4 is 0 Å². The summed E-state index contributed by atoms with van der Waals surface area (Å²) in [5.74, 6) is 0.269. The molecule has 0 aromatic heterocycles. The van der Waals surface area contributed by atoms with Gasteiger partial charge in [0.2, 0.25) is 0 Å². The minimum Gasteiger partial charge on any atom is -0.508 e. The van der Waals surface area contributed by atoms with Crippen molar-refractivity contribution in [3.8, 4) is 0 Å². The zero-order valence-corrected chi connectivity index (χ0v) is 7.83. The first-order valence-corrected chi connectivity index (χ1v) is 4.20. The van der Waals surface area contributed by atoms with Crippen LogP contribution in [0.15, 0.2) is 23.5 Å². The summed E-state index contributed by atoms with van der Waals surface area (Å²) in [6.07, 6.45) is 3.39. The van der Waals surface area contributed by atoms with Crippen molar-refractivity contribution >= 4 is 0 Å². The van der Waals surface area contributed by atoms with E-state index in [1.165, 1.54) is 0 Å². The normalized spacial score (nSPS) is 24.8. The van der Waals surface area contributed by atoms with Crippen LogP contribution in [0, 0.1) is 5.41 Å². The topological polar surface area (TPSA) is 40.5 Å². The van der Waals surface area contributed by atoms with Gasteiger partial charge in [0.15, 0.2) is 0 Å². The van der Waals surface area contributed by atoms with Crippen LogP contribution in [0.4, 0.5) is 0 Å². The summed E-state index contributed by atoms with van der Waals surface area (Å²) in [5, 5.41) is 18.8. The van der Waals surface area contributed by atoms with E-state index in [1.54, 1.807) is 12.2 Å². The summed E-state index contributed by atoms with van der Waals surface area (Å²) in [6.45, 7) is 6.09. The Kier molecular flexibility index (Phi) is 2.29. The van der Waals surface area contributed by atoms with Crippen molar-refractivity contribution in [1.82, 2.24) is 0 Å². The maximum absolute atomic E-state index is 9.60. The third kappa shape index (κ3) is 1.89. The molecule has 1 aliphatic carbocycles. The molecule has 0 bridgehead atoms. The SMILES string of the molecule is CC(C)(C)C1=CC(O)=CCC1O. The first-order chi connectivity index (χ1) is 5.41. The van der Waals surface area contributed by atoms with Crippen LogP contribution in [-0.4, -0.2) is 16.3 Å². The molecule has 1 atom stereocenters. The molecule has 0 heterocycles. The van der Waals surface area contributed by atoms with Crippen LogP contribution in [0.1, 0.15) is 27.2 Å². The lowest BCUT2D eigenvalue weighted by Gasteiger charge is -2.28. The zero-order chi connectivity index (χ0) is 9.35. The van der Waals surface area contributed by atoms with Gasteiger partial charge in [0.05, 0.1) is 6.10 Å². The summed E-state index contributed by atoms with van der Waals surface area (Å²) in [7, 11) is 0. The Bertz CT molecular complexity index is 231. The van der Waals surface area contributed by atoms with Crippen molar-refractivity contribution in [1.29, 1.82) is 0 Å². The highest BCUT2D eigenvalue weighted by Gasteiger charge is 2.25. The molecule has 2 nitrogen and oxygen atoms in total. The molecule has 0 fully saturated rings. The van der Waals surface area contributed by atoms with Crippen LogP contribution in [0.2, 0.25) is 0 Å². The summed E-state index contributed by atoms with van der Waals surface area (Å²) in [5.41, 5.74) is 0.837. The second kappa shape index (κ2) is 2.94. The number of aliphatic hydroxyl groups is 2. The Labute approximate surface area is 73.2 Å². The van der Waals surface area contributed by atoms with Gasteiger partial charge < -0.3 is 10.2 Å². The van der Waals surface area contributed by atoms with E-state index < -0.39 is 6.10 Å². The maximum atomic E-state index is 9.60. The summed E-state index contributed by atoms with van der Waals surface area (Å²) in [6, 6.07) is 0. The van der Waals surface area contributed by atoms with Gasteiger partial charge in [-0.25, -0.2) is 0 Å². The molecule has 1 aliphatic rings. The van der Waals surface area contributed by atoms with Crippen LogP contribution >= 0.6 is 0 Å². The predicted molar refractivity (Wildman–Crippen MR) is 48.9 cm³/mol. The third-order valence-electron chi connectivity index (χ3n) is 2.08. The lowest BCUT2D eigenvalue weighted by Crippen LogP contribution is -2.24. The molecular weight excluding hydrogens is 152 g/mol. The number of hydrogen-bond donors (Lipinski definition) is 2. The molecule has 1 unspecified atom stereocenters. The molecule has 0 saturated carbocycles. The van der Waals surface area contributed by atoms with Gasteiger partial charge in [-0.3, -0.25) is 0 Å². The third-order valence-corrected chi connectivity index (χ3v) is 2.08. The molecule has 0 saturated heterocycles. The molecule has 68 valence electrons. The largest absolute Gasteiger partial charge is 0.508 e. The fraction of sp³-hybridized carbons (Fsp3) is 0.600. The minimum absolute atomic E-state index is 0.0678. The van der Waals surface area contributed by atoms with Crippen LogP contribution in [-0.2, 0) is 0 Å². The smallest absolute Gasteiger partial charge is 0.111 e. The van der Waals surface area contributed by atoms with Crippen molar-refractivity contribution < 1.29 is 10.2 Å². The second-order valence-corrected chi connectivity index (χ2v) is 4.23. The Morgan fingerprint density at radius 1 is 1.42 bits per heavy atom. The highest BCUT2D eigenvalue weighted by Crippen LogP contribution is 2.32. The van der Waals surface area contributed by atoms with Crippen LogP contribution in [0.5, 0.6) is 0 Å². The molecular formula is C10H16O2. The molecule has 12 heavy (non-hydrogen) atoms. The molecule has 0 radical (unpaired) electrons. The fourth-order valence-electron chi connectivity index (χ4n) is 1.39. The van der Waals surface area contributed by atoms with Gasteiger partial charge in [-0.2, -0.15) is 0 Å². The molecule has 0 aromatic carbocycles.